The highest BCUT2D eigenvalue weighted by atomic mass is 35.5. The van der Waals surface area contributed by atoms with Gasteiger partial charge in [0.25, 0.3) is 0 Å². The van der Waals surface area contributed by atoms with Gasteiger partial charge in [0.2, 0.25) is 5.91 Å². The van der Waals surface area contributed by atoms with Crippen molar-refractivity contribution in [3.8, 4) is 5.75 Å². The predicted octanol–water partition coefficient (Wildman–Crippen LogP) is 4.11. The van der Waals surface area contributed by atoms with Crippen molar-refractivity contribution in [1.82, 2.24) is 5.32 Å². The molecule has 0 atom stereocenters. The molecule has 0 saturated heterocycles. The van der Waals surface area contributed by atoms with Gasteiger partial charge in [0.1, 0.15) is 5.75 Å². The molecule has 0 fully saturated rings. The number of carbonyl (C=O) groups excluding carboxylic acids is 1. The van der Waals surface area contributed by atoms with Gasteiger partial charge in [0.15, 0.2) is 0 Å². The lowest BCUT2D eigenvalue weighted by Crippen LogP contribution is -2.22. The minimum absolute atomic E-state index is 0.111. The van der Waals surface area contributed by atoms with Crippen LogP contribution in [0.25, 0.3) is 6.08 Å². The first-order valence-corrected chi connectivity index (χ1v) is 7.90. The summed E-state index contributed by atoms with van der Waals surface area (Å²) >= 11 is 6.03. The lowest BCUT2D eigenvalue weighted by atomic mass is 10.1. The predicted molar refractivity (Wildman–Crippen MR) is 94.8 cm³/mol. The lowest BCUT2D eigenvalue weighted by molar-refractivity contribution is -0.116. The second kappa shape index (κ2) is 9.01. The van der Waals surface area contributed by atoms with Crippen LogP contribution < -0.4 is 10.1 Å². The number of hydrogen-bond donors (Lipinski definition) is 1. The molecular weight excluding hydrogens is 310 g/mol. The average Bonchev–Trinajstić information content (AvgIpc) is 2.58. The van der Waals surface area contributed by atoms with Crippen LogP contribution in [0, 0.1) is 0 Å². The second-order valence-corrected chi connectivity index (χ2v) is 5.50. The SMILES string of the molecule is COc1ccc(CCCNC(=O)/C=C/c2ccccc2Cl)cc1. The van der Waals surface area contributed by atoms with E-state index in [-0.39, 0.29) is 5.91 Å². The molecule has 0 radical (unpaired) electrons. The summed E-state index contributed by atoms with van der Waals surface area (Å²) in [6.45, 7) is 0.637. The summed E-state index contributed by atoms with van der Waals surface area (Å²) in [6, 6.07) is 15.4. The Hall–Kier alpha value is -2.26. The fourth-order valence-corrected chi connectivity index (χ4v) is 2.33. The van der Waals surface area contributed by atoms with E-state index in [1.54, 1.807) is 19.3 Å². The van der Waals surface area contributed by atoms with Crippen LogP contribution in [0.3, 0.4) is 0 Å². The molecule has 2 aromatic carbocycles. The zero-order valence-electron chi connectivity index (χ0n) is 13.1. The largest absolute Gasteiger partial charge is 0.497 e. The number of amides is 1. The highest BCUT2D eigenvalue weighted by Crippen LogP contribution is 2.16. The van der Waals surface area contributed by atoms with E-state index >= 15 is 0 Å². The molecule has 0 aliphatic carbocycles. The number of benzene rings is 2. The summed E-state index contributed by atoms with van der Waals surface area (Å²) < 4.78 is 5.12. The van der Waals surface area contributed by atoms with Crippen LogP contribution in [0.5, 0.6) is 5.75 Å². The Bertz CT molecular complexity index is 665. The standard InChI is InChI=1S/C19H20ClNO2/c1-23-17-11-8-15(9-12-17)5-4-14-21-19(22)13-10-16-6-2-3-7-18(16)20/h2-3,6-13H,4-5,14H2,1H3,(H,21,22)/b13-10+. The summed E-state index contributed by atoms with van der Waals surface area (Å²) in [5.41, 5.74) is 2.06. The van der Waals surface area contributed by atoms with Gasteiger partial charge in [-0.1, -0.05) is 41.9 Å². The van der Waals surface area contributed by atoms with Gasteiger partial charge in [0, 0.05) is 17.6 Å². The maximum Gasteiger partial charge on any atom is 0.244 e. The third kappa shape index (κ3) is 5.80. The zero-order chi connectivity index (χ0) is 16.5. The van der Waals surface area contributed by atoms with Crippen molar-refractivity contribution >= 4 is 23.6 Å². The third-order valence-electron chi connectivity index (χ3n) is 3.42. The van der Waals surface area contributed by atoms with Gasteiger partial charge in [-0.25, -0.2) is 0 Å². The molecule has 2 rings (SSSR count). The molecule has 0 spiro atoms. The van der Waals surface area contributed by atoms with Crippen LogP contribution in [0.15, 0.2) is 54.6 Å². The fourth-order valence-electron chi connectivity index (χ4n) is 2.13. The number of rotatable bonds is 7. The third-order valence-corrected chi connectivity index (χ3v) is 3.76. The van der Waals surface area contributed by atoms with Gasteiger partial charge in [-0.15, -0.1) is 0 Å². The molecule has 3 nitrogen and oxygen atoms in total. The first kappa shape index (κ1) is 17.1. The molecule has 0 saturated carbocycles. The first-order chi connectivity index (χ1) is 11.2. The van der Waals surface area contributed by atoms with E-state index in [0.717, 1.165) is 24.2 Å². The number of nitrogens with one attached hydrogen (secondary N) is 1. The molecular formula is C19H20ClNO2. The van der Waals surface area contributed by atoms with Crippen molar-refractivity contribution in [2.45, 2.75) is 12.8 Å². The number of hydrogen-bond acceptors (Lipinski definition) is 2. The minimum Gasteiger partial charge on any atom is -0.497 e. The fraction of sp³-hybridized carbons (Fsp3) is 0.211. The Morgan fingerprint density at radius 3 is 2.61 bits per heavy atom. The summed E-state index contributed by atoms with van der Waals surface area (Å²) in [6.07, 6.45) is 5.03. The second-order valence-electron chi connectivity index (χ2n) is 5.10. The zero-order valence-corrected chi connectivity index (χ0v) is 13.8. The van der Waals surface area contributed by atoms with Gasteiger partial charge < -0.3 is 10.1 Å². The van der Waals surface area contributed by atoms with Gasteiger partial charge in [0.05, 0.1) is 7.11 Å². The minimum atomic E-state index is -0.111. The molecule has 0 unspecified atom stereocenters. The first-order valence-electron chi connectivity index (χ1n) is 7.52. The summed E-state index contributed by atoms with van der Waals surface area (Å²) in [5, 5.41) is 3.51. The normalized spacial score (nSPS) is 10.7. The van der Waals surface area contributed by atoms with E-state index in [4.69, 9.17) is 16.3 Å². The Morgan fingerprint density at radius 2 is 1.91 bits per heavy atom. The van der Waals surface area contributed by atoms with Crippen molar-refractivity contribution in [2.24, 2.45) is 0 Å². The quantitative estimate of drug-likeness (QED) is 0.613. The van der Waals surface area contributed by atoms with Gasteiger partial charge in [-0.05, 0) is 48.2 Å². The molecule has 0 aromatic heterocycles. The molecule has 0 aliphatic rings. The van der Waals surface area contributed by atoms with Gasteiger partial charge >= 0.3 is 0 Å². The Balaban J connectivity index is 1.71. The van der Waals surface area contributed by atoms with E-state index in [2.05, 4.69) is 5.32 Å². The molecule has 2 aromatic rings. The van der Waals surface area contributed by atoms with Gasteiger partial charge in [-0.2, -0.15) is 0 Å². The maximum absolute atomic E-state index is 11.8. The van der Waals surface area contributed by atoms with E-state index in [9.17, 15) is 4.79 Å². The maximum atomic E-state index is 11.8. The monoisotopic (exact) mass is 329 g/mol. The molecule has 1 amide bonds. The molecule has 0 heterocycles. The molecule has 0 bridgehead atoms. The summed E-state index contributed by atoms with van der Waals surface area (Å²) in [5.74, 6) is 0.742. The van der Waals surface area contributed by atoms with Crippen LogP contribution in [0.2, 0.25) is 5.02 Å². The molecule has 120 valence electrons. The molecule has 23 heavy (non-hydrogen) atoms. The number of aryl methyl sites for hydroxylation is 1. The van der Waals surface area contributed by atoms with E-state index < -0.39 is 0 Å². The number of methoxy groups -OCH3 is 1. The Labute approximate surface area is 141 Å². The van der Waals surface area contributed by atoms with Crippen LogP contribution in [-0.2, 0) is 11.2 Å². The smallest absolute Gasteiger partial charge is 0.244 e. The van der Waals surface area contributed by atoms with Crippen molar-refractivity contribution in [1.29, 1.82) is 0 Å². The van der Waals surface area contributed by atoms with Gasteiger partial charge in [-0.3, -0.25) is 4.79 Å². The van der Waals surface area contributed by atoms with Crippen LogP contribution in [-0.4, -0.2) is 19.6 Å². The van der Waals surface area contributed by atoms with Crippen molar-refractivity contribution in [2.75, 3.05) is 13.7 Å². The van der Waals surface area contributed by atoms with Crippen molar-refractivity contribution in [3.05, 3.63) is 70.8 Å². The van der Waals surface area contributed by atoms with E-state index in [1.165, 1.54) is 11.6 Å². The highest BCUT2D eigenvalue weighted by Gasteiger charge is 1.99. The summed E-state index contributed by atoms with van der Waals surface area (Å²) in [4.78, 5) is 11.8. The summed E-state index contributed by atoms with van der Waals surface area (Å²) in [7, 11) is 1.65. The Kier molecular flexibility index (Phi) is 6.70. The van der Waals surface area contributed by atoms with Crippen molar-refractivity contribution in [3.63, 3.8) is 0 Å². The highest BCUT2D eigenvalue weighted by molar-refractivity contribution is 6.32. The van der Waals surface area contributed by atoms with Crippen LogP contribution in [0.4, 0.5) is 0 Å². The Morgan fingerprint density at radius 1 is 1.17 bits per heavy atom. The number of carbonyl (C=O) groups is 1. The molecule has 0 aliphatic heterocycles. The van der Waals surface area contributed by atoms with Crippen LogP contribution >= 0.6 is 11.6 Å². The van der Waals surface area contributed by atoms with Crippen molar-refractivity contribution < 1.29 is 9.53 Å². The number of ether oxygens (including phenoxy) is 1. The number of halogens is 1. The van der Waals surface area contributed by atoms with Crippen LogP contribution in [0.1, 0.15) is 17.5 Å². The average molecular weight is 330 g/mol. The molecule has 1 N–H and O–H groups in total. The van der Waals surface area contributed by atoms with E-state index in [1.807, 2.05) is 42.5 Å². The topological polar surface area (TPSA) is 38.3 Å². The molecule has 4 heteroatoms. The van der Waals surface area contributed by atoms with E-state index in [0.29, 0.717) is 11.6 Å². The lowest BCUT2D eigenvalue weighted by Gasteiger charge is -2.04.